The molecular formula is C37H58Ar6FeNP3. The van der Waals surface area contributed by atoms with Gasteiger partial charge in [0.2, 0.25) is 0 Å². The largest absolute Gasteiger partial charge is 0.323 e. The number of hydrogen-bond donors (Lipinski definition) is 1. The van der Waals surface area contributed by atoms with E-state index in [4.69, 9.17) is 5.73 Å². The van der Waals surface area contributed by atoms with Crippen LogP contribution in [0.5, 0.6) is 0 Å². The zero-order valence-electron chi connectivity index (χ0n) is 28.6. The van der Waals surface area contributed by atoms with Gasteiger partial charge in [0, 0.05) is 261 Å². The summed E-state index contributed by atoms with van der Waals surface area (Å²) in [6, 6.07) is 31.2. The van der Waals surface area contributed by atoms with Gasteiger partial charge in [-0.15, -0.1) is 27.7 Å². The second-order valence-corrected chi connectivity index (χ2v) is 14.6. The van der Waals surface area contributed by atoms with E-state index in [1.165, 1.54) is 68.1 Å². The van der Waals surface area contributed by atoms with Crippen molar-refractivity contribution < 1.29 is 243 Å². The van der Waals surface area contributed by atoms with E-state index in [0.717, 1.165) is 17.5 Å². The summed E-state index contributed by atoms with van der Waals surface area (Å²) in [5, 5.41) is 0. The summed E-state index contributed by atoms with van der Waals surface area (Å²) >= 11 is 0. The molecule has 0 aromatic heterocycles. The van der Waals surface area contributed by atoms with Crippen LogP contribution in [0.25, 0.3) is 0 Å². The van der Waals surface area contributed by atoms with Crippen molar-refractivity contribution in [2.75, 3.05) is 0 Å². The quantitative estimate of drug-likeness (QED) is 0.194. The van der Waals surface area contributed by atoms with E-state index in [1.54, 1.807) is 0 Å². The van der Waals surface area contributed by atoms with Gasteiger partial charge in [0.05, 0.1) is 0 Å². The molecule has 0 radical (unpaired) electrons. The maximum atomic E-state index is 6.25. The number of hydrogen-bond acceptors (Lipinski definition) is 1. The summed E-state index contributed by atoms with van der Waals surface area (Å²) in [6.45, 7) is 9.16. The maximum absolute atomic E-state index is 6.25. The normalized spacial score (nSPS) is 17.1. The van der Waals surface area contributed by atoms with Crippen molar-refractivity contribution in [3.63, 3.8) is 0 Å². The van der Waals surface area contributed by atoms with Crippen molar-refractivity contribution in [1.29, 1.82) is 0 Å². The summed E-state index contributed by atoms with van der Waals surface area (Å²) < 4.78 is 0. The van der Waals surface area contributed by atoms with Gasteiger partial charge in [0.1, 0.15) is 0 Å². The molecule has 0 aliphatic heterocycles. The summed E-state index contributed by atoms with van der Waals surface area (Å²) in [5.74, 6) is 2.59. The molecule has 8 unspecified atom stereocenters. The molecule has 2 fully saturated rings. The Morgan fingerprint density at radius 1 is 0.521 bits per heavy atom. The van der Waals surface area contributed by atoms with Crippen molar-refractivity contribution in [3.05, 3.63) is 108 Å². The molecule has 2 saturated carbocycles. The molecule has 0 amide bonds. The Hall–Kier alpha value is 6.99. The van der Waals surface area contributed by atoms with E-state index >= 15 is 0 Å². The van der Waals surface area contributed by atoms with Gasteiger partial charge in [-0.2, -0.15) is 0 Å². The summed E-state index contributed by atoms with van der Waals surface area (Å²) in [6.07, 6.45) is 11.9. The predicted octanol–water partition coefficient (Wildman–Crippen LogP) is 11.2. The first-order valence-corrected chi connectivity index (χ1v) is 17.9. The van der Waals surface area contributed by atoms with Gasteiger partial charge in [0.25, 0.3) is 0 Å². The zero-order chi connectivity index (χ0) is 30.0. The molecule has 0 bridgehead atoms. The Kier molecular flexibility index (Phi) is 58.6. The van der Waals surface area contributed by atoms with Crippen LogP contribution >= 0.6 is 27.7 Å². The van der Waals surface area contributed by atoms with Crippen molar-refractivity contribution in [2.24, 2.45) is 23.5 Å². The van der Waals surface area contributed by atoms with Crippen LogP contribution in [0.3, 0.4) is 0 Å². The van der Waals surface area contributed by atoms with Crippen LogP contribution in [0, 0.1) is 244 Å². The van der Waals surface area contributed by atoms with Crippen molar-refractivity contribution in [1.82, 2.24) is 0 Å². The fourth-order valence-corrected chi connectivity index (χ4v) is 7.09. The molecule has 2 N–H and O–H groups in total. The monoisotopic (exact) mass is 905 g/mol. The third kappa shape index (κ3) is 29.2. The van der Waals surface area contributed by atoms with E-state index in [1.807, 2.05) is 36.4 Å². The molecule has 5 rings (SSSR count). The minimum absolute atomic E-state index is 0. The van der Waals surface area contributed by atoms with Crippen LogP contribution in [-0.2, 0) is 17.1 Å². The third-order valence-electron chi connectivity index (χ3n) is 8.39. The topological polar surface area (TPSA) is 26.0 Å². The SMILES string of the molecule is C1CCCC1.CC(C)C(P)c1ccccc1.CC(C)C1CCCC1P.NC(c1ccccc1)C(P)c1ccccc1.[Ar].[Ar].[Ar].[Ar].[Ar].[Ar].[Fe]. The van der Waals surface area contributed by atoms with Crippen LogP contribution in [0.15, 0.2) is 91.0 Å². The molecule has 3 aromatic rings. The van der Waals surface area contributed by atoms with Gasteiger partial charge in [0.15, 0.2) is 0 Å². The summed E-state index contributed by atoms with van der Waals surface area (Å²) in [5.41, 5.74) is 11.9. The van der Waals surface area contributed by atoms with E-state index in [9.17, 15) is 0 Å². The third-order valence-corrected chi connectivity index (χ3v) is 11.2. The van der Waals surface area contributed by atoms with E-state index in [-0.39, 0.29) is 255 Å². The minimum Gasteiger partial charge on any atom is -0.323 e. The van der Waals surface area contributed by atoms with E-state index in [2.05, 4.69) is 110 Å². The molecular weight excluding hydrogens is 847 g/mol. The number of benzene rings is 3. The van der Waals surface area contributed by atoms with Crippen LogP contribution in [0.2, 0.25) is 0 Å². The van der Waals surface area contributed by atoms with Crippen LogP contribution < -0.4 is 5.73 Å². The first-order valence-electron chi connectivity index (χ1n) is 15.9. The second-order valence-electron chi connectivity index (χ2n) is 12.3. The van der Waals surface area contributed by atoms with Crippen molar-refractivity contribution in [3.8, 4) is 0 Å². The Balaban J connectivity index is -0.000000123. The molecule has 0 saturated heterocycles. The smallest absolute Gasteiger partial charge is 0.0399 e. The fraction of sp³-hybridized carbons (Fsp3) is 0.514. The first kappa shape index (κ1) is 66.8. The standard InChI is InChI=1S/C14H16NP.C10H15P.C8H17P.C5H10.6Ar.Fe/c15-13(11-7-3-1-4-8-11)14(16)12-9-5-2-6-10-12;1-8(2)10(11)9-6-4-3-5-7-9;1-6(2)7-4-3-5-8(7)9;1-2-4-5-3-1;;;;;;;/h1-10,13-14H,15-16H2;3-8,10H,11H2,1-2H3;6-8H,3-5,9H2,1-2H3;1-5H2;;;;;;;. The van der Waals surface area contributed by atoms with Crippen molar-refractivity contribution in [2.45, 2.75) is 102 Å². The second kappa shape index (κ2) is 42.1. The number of nitrogens with two attached hydrogens (primary N) is 1. The van der Waals surface area contributed by atoms with Gasteiger partial charge in [-0.05, 0) is 52.9 Å². The van der Waals surface area contributed by atoms with E-state index in [0.29, 0.717) is 11.6 Å². The molecule has 3 aromatic carbocycles. The molecule has 1 nitrogen and oxygen atoms in total. The van der Waals surface area contributed by atoms with Crippen LogP contribution in [0.1, 0.15) is 113 Å². The minimum atomic E-state index is 0. The Labute approximate surface area is 493 Å². The Morgan fingerprint density at radius 2 is 0.854 bits per heavy atom. The van der Waals surface area contributed by atoms with Gasteiger partial charge in [-0.1, -0.05) is 157 Å². The van der Waals surface area contributed by atoms with Crippen LogP contribution in [-0.4, -0.2) is 5.66 Å². The Morgan fingerprint density at radius 3 is 1.12 bits per heavy atom. The summed E-state index contributed by atoms with van der Waals surface area (Å²) in [7, 11) is 8.70. The number of rotatable bonds is 6. The molecule has 8 atom stereocenters. The molecule has 282 valence electrons. The van der Waals surface area contributed by atoms with Gasteiger partial charge < -0.3 is 5.73 Å². The first-order chi connectivity index (χ1) is 19.7. The Bertz CT molecular complexity index is 1000. The molecule has 11 heteroatoms. The van der Waals surface area contributed by atoms with Crippen LogP contribution in [0.4, 0.5) is 0 Å². The van der Waals surface area contributed by atoms with E-state index < -0.39 is 0 Å². The molecule has 2 aliphatic carbocycles. The van der Waals surface area contributed by atoms with Crippen molar-refractivity contribution >= 4 is 27.7 Å². The summed E-state index contributed by atoms with van der Waals surface area (Å²) in [4.78, 5) is 0. The predicted molar refractivity (Wildman–Crippen MR) is 195 cm³/mol. The van der Waals surface area contributed by atoms with Gasteiger partial charge >= 0.3 is 0 Å². The maximum Gasteiger partial charge on any atom is 0.0399 e. The average molecular weight is 905 g/mol. The fourth-order valence-electron chi connectivity index (χ4n) is 5.55. The van der Waals surface area contributed by atoms with Gasteiger partial charge in [-0.3, -0.25) is 0 Å². The zero-order valence-corrected chi connectivity index (χ0v) is 37.5. The molecule has 2 aliphatic rings. The molecule has 48 heavy (non-hydrogen) atoms. The molecule has 0 heterocycles. The molecule has 0 spiro atoms. The van der Waals surface area contributed by atoms with Gasteiger partial charge in [-0.25, -0.2) is 0 Å². The average Bonchev–Trinajstić information content (AvgIpc) is 3.74.